The lowest BCUT2D eigenvalue weighted by atomic mass is 10.1. The topological polar surface area (TPSA) is 63.1 Å². The van der Waals surface area contributed by atoms with Gasteiger partial charge < -0.3 is 15.2 Å². The van der Waals surface area contributed by atoms with Crippen molar-refractivity contribution in [2.75, 3.05) is 6.54 Å². The van der Waals surface area contributed by atoms with Crippen molar-refractivity contribution < 1.29 is 4.79 Å². The zero-order chi connectivity index (χ0) is 20.6. The summed E-state index contributed by atoms with van der Waals surface area (Å²) in [7, 11) is 0. The SMILES string of the molecule is O=C(NCCc1cc(Cl)cc(Cl)c1)NCc1ccc(Cn2ccccc2=O)cc1. The highest BCUT2D eigenvalue weighted by atomic mass is 35.5. The fraction of sp³-hybridized carbons (Fsp3) is 0.182. The fourth-order valence-corrected chi connectivity index (χ4v) is 3.44. The molecule has 2 aromatic carbocycles. The van der Waals surface area contributed by atoms with Crippen molar-refractivity contribution in [2.24, 2.45) is 0 Å². The lowest BCUT2D eigenvalue weighted by Crippen LogP contribution is -2.36. The summed E-state index contributed by atoms with van der Waals surface area (Å²) in [6.07, 6.45) is 2.40. The molecule has 0 saturated carbocycles. The van der Waals surface area contributed by atoms with Crippen molar-refractivity contribution in [1.29, 1.82) is 0 Å². The Bertz CT molecular complexity index is 1010. The van der Waals surface area contributed by atoms with Gasteiger partial charge in [-0.2, -0.15) is 0 Å². The summed E-state index contributed by atoms with van der Waals surface area (Å²) in [6.45, 7) is 1.41. The van der Waals surface area contributed by atoms with E-state index in [1.165, 1.54) is 6.07 Å². The number of pyridine rings is 1. The van der Waals surface area contributed by atoms with Crippen LogP contribution in [0.2, 0.25) is 10.0 Å². The zero-order valence-electron chi connectivity index (χ0n) is 15.7. The summed E-state index contributed by atoms with van der Waals surface area (Å²) in [5.74, 6) is 0. The van der Waals surface area contributed by atoms with Gasteiger partial charge >= 0.3 is 6.03 Å². The second-order valence-corrected chi connectivity index (χ2v) is 7.49. The lowest BCUT2D eigenvalue weighted by Gasteiger charge is -2.09. The second-order valence-electron chi connectivity index (χ2n) is 6.62. The van der Waals surface area contributed by atoms with Crippen LogP contribution in [0.25, 0.3) is 0 Å². The van der Waals surface area contributed by atoms with Crippen LogP contribution >= 0.6 is 23.2 Å². The molecule has 2 amide bonds. The van der Waals surface area contributed by atoms with E-state index in [2.05, 4.69) is 10.6 Å². The van der Waals surface area contributed by atoms with Crippen molar-refractivity contribution in [1.82, 2.24) is 15.2 Å². The number of halogens is 2. The number of nitrogens with one attached hydrogen (secondary N) is 2. The van der Waals surface area contributed by atoms with Gasteiger partial charge in [-0.05, 0) is 47.4 Å². The van der Waals surface area contributed by atoms with Crippen LogP contribution in [-0.2, 0) is 19.5 Å². The van der Waals surface area contributed by atoms with Gasteiger partial charge in [-0.1, -0.05) is 53.5 Å². The Morgan fingerprint density at radius 1 is 0.862 bits per heavy atom. The Labute approximate surface area is 179 Å². The van der Waals surface area contributed by atoms with E-state index in [1.807, 2.05) is 42.5 Å². The number of amides is 2. The highest BCUT2D eigenvalue weighted by Crippen LogP contribution is 2.19. The minimum Gasteiger partial charge on any atom is -0.338 e. The molecular weight excluding hydrogens is 409 g/mol. The average Bonchev–Trinajstić information content (AvgIpc) is 2.68. The maximum absolute atomic E-state index is 12.0. The maximum atomic E-state index is 12.0. The van der Waals surface area contributed by atoms with E-state index < -0.39 is 0 Å². The van der Waals surface area contributed by atoms with E-state index in [-0.39, 0.29) is 11.6 Å². The number of carbonyl (C=O) groups is 1. The lowest BCUT2D eigenvalue weighted by molar-refractivity contribution is 0.240. The Morgan fingerprint density at radius 2 is 1.55 bits per heavy atom. The molecule has 3 aromatic rings. The molecule has 5 nitrogen and oxygen atoms in total. The first-order valence-corrected chi connectivity index (χ1v) is 9.95. The second kappa shape index (κ2) is 10.1. The number of hydrogen-bond acceptors (Lipinski definition) is 2. The van der Waals surface area contributed by atoms with Crippen molar-refractivity contribution in [3.8, 4) is 0 Å². The Kier molecular flexibility index (Phi) is 7.33. The van der Waals surface area contributed by atoms with E-state index in [9.17, 15) is 9.59 Å². The molecule has 0 atom stereocenters. The molecule has 7 heteroatoms. The molecule has 0 fully saturated rings. The van der Waals surface area contributed by atoms with Crippen molar-refractivity contribution >= 4 is 29.2 Å². The quantitative estimate of drug-likeness (QED) is 0.589. The Hall–Kier alpha value is -2.76. The number of aromatic nitrogens is 1. The third-order valence-electron chi connectivity index (χ3n) is 4.35. The van der Waals surface area contributed by atoms with E-state index in [0.717, 1.165) is 16.7 Å². The first-order chi connectivity index (χ1) is 14.0. The summed E-state index contributed by atoms with van der Waals surface area (Å²) in [5.41, 5.74) is 2.93. The van der Waals surface area contributed by atoms with Crippen LogP contribution in [0.5, 0.6) is 0 Å². The van der Waals surface area contributed by atoms with Gasteiger partial charge in [-0.25, -0.2) is 4.79 Å². The van der Waals surface area contributed by atoms with Crippen LogP contribution < -0.4 is 16.2 Å². The predicted molar refractivity (Wildman–Crippen MR) is 117 cm³/mol. The Balaban J connectivity index is 1.43. The highest BCUT2D eigenvalue weighted by Gasteiger charge is 2.03. The Morgan fingerprint density at radius 3 is 2.24 bits per heavy atom. The van der Waals surface area contributed by atoms with Gasteiger partial charge in [0.1, 0.15) is 0 Å². The minimum absolute atomic E-state index is 0.0324. The molecule has 0 spiro atoms. The van der Waals surface area contributed by atoms with Crippen LogP contribution in [0.1, 0.15) is 16.7 Å². The average molecular weight is 430 g/mol. The number of rotatable bonds is 7. The molecule has 29 heavy (non-hydrogen) atoms. The summed E-state index contributed by atoms with van der Waals surface area (Å²) in [6, 6.07) is 18.0. The summed E-state index contributed by atoms with van der Waals surface area (Å²) in [4.78, 5) is 23.7. The van der Waals surface area contributed by atoms with E-state index in [1.54, 1.807) is 22.9 Å². The van der Waals surface area contributed by atoms with E-state index in [0.29, 0.717) is 36.1 Å². The molecular formula is C22H21Cl2N3O2. The zero-order valence-corrected chi connectivity index (χ0v) is 17.2. The first kappa shape index (κ1) is 21.0. The first-order valence-electron chi connectivity index (χ1n) is 9.19. The molecule has 3 rings (SSSR count). The van der Waals surface area contributed by atoms with Gasteiger partial charge in [0, 0.05) is 35.4 Å². The molecule has 0 unspecified atom stereocenters. The van der Waals surface area contributed by atoms with Gasteiger partial charge in [0.15, 0.2) is 0 Å². The molecule has 0 aliphatic heterocycles. The van der Waals surface area contributed by atoms with Gasteiger partial charge in [0.05, 0.1) is 6.54 Å². The van der Waals surface area contributed by atoms with Crippen molar-refractivity contribution in [3.05, 3.63) is 104 Å². The summed E-state index contributed by atoms with van der Waals surface area (Å²) < 4.78 is 1.65. The monoisotopic (exact) mass is 429 g/mol. The highest BCUT2D eigenvalue weighted by molar-refractivity contribution is 6.34. The van der Waals surface area contributed by atoms with Crippen molar-refractivity contribution in [3.63, 3.8) is 0 Å². The molecule has 0 saturated heterocycles. The number of carbonyl (C=O) groups excluding carboxylic acids is 1. The van der Waals surface area contributed by atoms with Crippen LogP contribution in [0.15, 0.2) is 71.7 Å². The largest absolute Gasteiger partial charge is 0.338 e. The molecule has 0 aliphatic carbocycles. The predicted octanol–water partition coefficient (Wildman–Crippen LogP) is 4.25. The molecule has 1 heterocycles. The minimum atomic E-state index is -0.238. The molecule has 150 valence electrons. The summed E-state index contributed by atoms with van der Waals surface area (Å²) in [5, 5.41) is 6.81. The maximum Gasteiger partial charge on any atom is 0.315 e. The van der Waals surface area contributed by atoms with Crippen LogP contribution in [-0.4, -0.2) is 17.1 Å². The number of urea groups is 1. The normalized spacial score (nSPS) is 10.6. The standard InChI is InChI=1S/C22H21Cl2N3O2/c23-19-11-18(12-20(24)13-19)8-9-25-22(29)26-14-16-4-6-17(7-5-16)15-27-10-2-1-3-21(27)28/h1-7,10-13H,8-9,14-15H2,(H2,25,26,29). The molecule has 0 aliphatic rings. The van der Waals surface area contributed by atoms with Crippen molar-refractivity contribution in [2.45, 2.75) is 19.5 Å². The third kappa shape index (κ3) is 6.66. The third-order valence-corrected chi connectivity index (χ3v) is 4.79. The number of nitrogens with zero attached hydrogens (tertiary/aromatic N) is 1. The number of benzene rings is 2. The van der Waals surface area contributed by atoms with Gasteiger partial charge in [0.2, 0.25) is 0 Å². The fourth-order valence-electron chi connectivity index (χ4n) is 2.87. The molecule has 0 bridgehead atoms. The van der Waals surface area contributed by atoms with Gasteiger partial charge in [0.25, 0.3) is 5.56 Å². The molecule has 1 aromatic heterocycles. The van der Waals surface area contributed by atoms with Gasteiger partial charge in [-0.3, -0.25) is 4.79 Å². The summed E-state index contributed by atoms with van der Waals surface area (Å²) >= 11 is 11.9. The smallest absolute Gasteiger partial charge is 0.315 e. The van der Waals surface area contributed by atoms with E-state index in [4.69, 9.17) is 23.2 Å². The van der Waals surface area contributed by atoms with Crippen LogP contribution in [0.4, 0.5) is 4.79 Å². The molecule has 0 radical (unpaired) electrons. The molecule has 2 N–H and O–H groups in total. The number of hydrogen-bond donors (Lipinski definition) is 2. The van der Waals surface area contributed by atoms with Crippen LogP contribution in [0, 0.1) is 0 Å². The van der Waals surface area contributed by atoms with Gasteiger partial charge in [-0.15, -0.1) is 0 Å². The van der Waals surface area contributed by atoms with E-state index >= 15 is 0 Å². The van der Waals surface area contributed by atoms with Crippen LogP contribution in [0.3, 0.4) is 0 Å².